The molecule has 3 rings (SSSR count). The summed E-state index contributed by atoms with van der Waals surface area (Å²) in [5.41, 5.74) is 6.43. The van der Waals surface area contributed by atoms with Gasteiger partial charge in [0.1, 0.15) is 12.0 Å². The van der Waals surface area contributed by atoms with Crippen molar-refractivity contribution in [2.45, 2.75) is 0 Å². The Hall–Kier alpha value is -2.48. The molecule has 0 unspecified atom stereocenters. The summed E-state index contributed by atoms with van der Waals surface area (Å²) < 4.78 is 1.26. The van der Waals surface area contributed by atoms with Crippen molar-refractivity contribution in [3.63, 3.8) is 0 Å². The summed E-state index contributed by atoms with van der Waals surface area (Å²) >= 11 is 1.49. The molecule has 2 N–H and O–H groups in total. The minimum absolute atomic E-state index is 0.153. The van der Waals surface area contributed by atoms with E-state index >= 15 is 0 Å². The lowest BCUT2D eigenvalue weighted by atomic mass is 10.3. The van der Waals surface area contributed by atoms with Gasteiger partial charge in [-0.25, -0.2) is 4.98 Å². The maximum absolute atomic E-state index is 10.9. The van der Waals surface area contributed by atoms with Gasteiger partial charge in [0, 0.05) is 6.07 Å². The predicted octanol–water partition coefficient (Wildman–Crippen LogP) is 1.95. The summed E-state index contributed by atoms with van der Waals surface area (Å²) in [7, 11) is 0. The fourth-order valence-electron chi connectivity index (χ4n) is 1.65. The molecule has 3 heterocycles. The van der Waals surface area contributed by atoms with Gasteiger partial charge >= 0.3 is 5.69 Å². The molecule has 7 nitrogen and oxygen atoms in total. The Morgan fingerprint density at radius 2 is 2.33 bits per heavy atom. The van der Waals surface area contributed by atoms with Crippen LogP contribution in [0.4, 0.5) is 11.5 Å². The van der Waals surface area contributed by atoms with Gasteiger partial charge in [-0.2, -0.15) is 9.61 Å². The number of thiophene rings is 1. The molecule has 0 bridgehead atoms. The summed E-state index contributed by atoms with van der Waals surface area (Å²) in [5, 5.41) is 16.6. The van der Waals surface area contributed by atoms with E-state index < -0.39 is 4.92 Å². The Labute approximate surface area is 105 Å². The highest BCUT2D eigenvalue weighted by Crippen LogP contribution is 2.27. The number of nitrogens with zero attached hydrogens (tertiary/aromatic N) is 4. The first-order valence-electron chi connectivity index (χ1n) is 4.99. The number of hydrogen-bond acceptors (Lipinski definition) is 6. The molecule has 8 heteroatoms. The van der Waals surface area contributed by atoms with Crippen molar-refractivity contribution in [1.82, 2.24) is 14.6 Å². The second kappa shape index (κ2) is 3.77. The van der Waals surface area contributed by atoms with Gasteiger partial charge in [-0.15, -0.1) is 11.3 Å². The monoisotopic (exact) mass is 261 g/mol. The van der Waals surface area contributed by atoms with Gasteiger partial charge in [-0.05, 0) is 11.4 Å². The van der Waals surface area contributed by atoms with Crippen LogP contribution in [-0.4, -0.2) is 19.5 Å². The van der Waals surface area contributed by atoms with Crippen LogP contribution in [0.1, 0.15) is 0 Å². The van der Waals surface area contributed by atoms with Gasteiger partial charge in [0.05, 0.1) is 15.5 Å². The average Bonchev–Trinajstić information content (AvgIpc) is 2.97. The van der Waals surface area contributed by atoms with E-state index in [1.165, 1.54) is 15.9 Å². The van der Waals surface area contributed by atoms with Crippen LogP contribution < -0.4 is 5.73 Å². The van der Waals surface area contributed by atoms with Crippen molar-refractivity contribution in [2.24, 2.45) is 0 Å². The molecule has 3 aromatic heterocycles. The van der Waals surface area contributed by atoms with Crippen molar-refractivity contribution in [2.75, 3.05) is 5.73 Å². The minimum Gasteiger partial charge on any atom is -0.384 e. The highest BCUT2D eigenvalue weighted by molar-refractivity contribution is 7.13. The van der Waals surface area contributed by atoms with Crippen molar-refractivity contribution < 1.29 is 4.92 Å². The molecule has 0 aliphatic carbocycles. The summed E-state index contributed by atoms with van der Waals surface area (Å²) in [6, 6.07) is 5.41. The van der Waals surface area contributed by atoms with E-state index in [0.29, 0.717) is 11.5 Å². The normalized spacial score (nSPS) is 10.9. The SMILES string of the molecule is Nc1cc(-c2cccs2)nc2c([N+](=O)[O-])cnn12. The molecule has 90 valence electrons. The van der Waals surface area contributed by atoms with Gasteiger partial charge < -0.3 is 5.73 Å². The van der Waals surface area contributed by atoms with Gasteiger partial charge in [-0.1, -0.05) is 6.07 Å². The zero-order valence-electron chi connectivity index (χ0n) is 8.98. The molecule has 0 aliphatic heterocycles. The van der Waals surface area contributed by atoms with E-state index in [-0.39, 0.29) is 11.3 Å². The van der Waals surface area contributed by atoms with Crippen LogP contribution in [0.15, 0.2) is 29.8 Å². The van der Waals surface area contributed by atoms with Crippen molar-refractivity contribution in [3.8, 4) is 10.6 Å². The Morgan fingerprint density at radius 1 is 1.50 bits per heavy atom. The van der Waals surface area contributed by atoms with E-state index in [1.807, 2.05) is 17.5 Å². The van der Waals surface area contributed by atoms with E-state index in [1.54, 1.807) is 6.07 Å². The fourth-order valence-corrected chi connectivity index (χ4v) is 2.34. The standard InChI is InChI=1S/C10H7N5O2S/c11-9-4-6(8-2-1-3-18-8)13-10-7(15(16)17)5-12-14(9)10/h1-5H,11H2. The highest BCUT2D eigenvalue weighted by Gasteiger charge is 2.19. The third-order valence-corrected chi connectivity index (χ3v) is 3.34. The van der Waals surface area contributed by atoms with E-state index in [9.17, 15) is 10.1 Å². The molecule has 0 fully saturated rings. The van der Waals surface area contributed by atoms with Crippen LogP contribution in [0, 0.1) is 10.1 Å². The van der Waals surface area contributed by atoms with Gasteiger partial charge in [-0.3, -0.25) is 10.1 Å². The summed E-state index contributed by atoms with van der Waals surface area (Å²) in [4.78, 5) is 15.5. The van der Waals surface area contributed by atoms with Gasteiger partial charge in [0.2, 0.25) is 5.65 Å². The quantitative estimate of drug-likeness (QED) is 0.561. The zero-order valence-corrected chi connectivity index (χ0v) is 9.79. The average molecular weight is 261 g/mol. The number of fused-ring (bicyclic) bond motifs is 1. The molecule has 0 amide bonds. The molecule has 0 radical (unpaired) electrons. The summed E-state index contributed by atoms with van der Waals surface area (Å²) in [5.74, 6) is 0.316. The fraction of sp³-hybridized carbons (Fsp3) is 0. The number of nitro groups is 1. The van der Waals surface area contributed by atoms with Crippen LogP contribution in [0.25, 0.3) is 16.2 Å². The summed E-state index contributed by atoms with van der Waals surface area (Å²) in [6.45, 7) is 0. The Kier molecular flexibility index (Phi) is 2.23. The molecule has 0 atom stereocenters. The summed E-state index contributed by atoms with van der Waals surface area (Å²) in [6.07, 6.45) is 1.15. The van der Waals surface area contributed by atoms with E-state index in [2.05, 4.69) is 10.1 Å². The second-order valence-electron chi connectivity index (χ2n) is 3.57. The Morgan fingerprint density at radius 3 is 3.00 bits per heavy atom. The van der Waals surface area contributed by atoms with Crippen LogP contribution in [0.3, 0.4) is 0 Å². The number of rotatable bonds is 2. The zero-order chi connectivity index (χ0) is 12.7. The number of anilines is 1. The highest BCUT2D eigenvalue weighted by atomic mass is 32.1. The molecule has 0 aromatic carbocycles. The smallest absolute Gasteiger partial charge is 0.333 e. The molecular formula is C10H7N5O2S. The molecular weight excluding hydrogens is 254 g/mol. The van der Waals surface area contributed by atoms with Crippen LogP contribution in [-0.2, 0) is 0 Å². The largest absolute Gasteiger partial charge is 0.384 e. The topological polar surface area (TPSA) is 99.3 Å². The van der Waals surface area contributed by atoms with Crippen LogP contribution in [0.5, 0.6) is 0 Å². The maximum atomic E-state index is 10.9. The first-order chi connectivity index (χ1) is 8.66. The third-order valence-electron chi connectivity index (χ3n) is 2.45. The van der Waals surface area contributed by atoms with E-state index in [4.69, 9.17) is 5.73 Å². The first kappa shape index (κ1) is 10.7. The minimum atomic E-state index is -0.521. The van der Waals surface area contributed by atoms with Crippen molar-refractivity contribution >= 4 is 28.5 Å². The Bertz CT molecular complexity index is 734. The molecule has 0 saturated heterocycles. The van der Waals surface area contributed by atoms with Crippen molar-refractivity contribution in [1.29, 1.82) is 0 Å². The molecule has 3 aromatic rings. The number of aromatic nitrogens is 3. The van der Waals surface area contributed by atoms with E-state index in [0.717, 1.165) is 11.1 Å². The van der Waals surface area contributed by atoms with Gasteiger partial charge in [0.15, 0.2) is 0 Å². The molecule has 0 aliphatic rings. The lowest BCUT2D eigenvalue weighted by Gasteiger charge is -2.01. The third kappa shape index (κ3) is 1.51. The maximum Gasteiger partial charge on any atom is 0.333 e. The van der Waals surface area contributed by atoms with Gasteiger partial charge in [0.25, 0.3) is 0 Å². The molecule has 18 heavy (non-hydrogen) atoms. The number of nitrogens with two attached hydrogens (primary N) is 1. The molecule has 0 saturated carbocycles. The number of hydrogen-bond donors (Lipinski definition) is 1. The second-order valence-corrected chi connectivity index (χ2v) is 4.51. The predicted molar refractivity (Wildman–Crippen MR) is 67.4 cm³/mol. The lowest BCUT2D eigenvalue weighted by molar-refractivity contribution is -0.383. The lowest BCUT2D eigenvalue weighted by Crippen LogP contribution is -2.01. The van der Waals surface area contributed by atoms with Crippen LogP contribution >= 0.6 is 11.3 Å². The Balaban J connectivity index is 2.31. The first-order valence-corrected chi connectivity index (χ1v) is 5.87. The van der Waals surface area contributed by atoms with Crippen LogP contribution in [0.2, 0.25) is 0 Å². The van der Waals surface area contributed by atoms with Crippen molar-refractivity contribution in [3.05, 3.63) is 39.9 Å². The molecule has 0 spiro atoms. The number of nitrogen functional groups attached to an aromatic ring is 1.